The molecule has 0 radical (unpaired) electrons. The maximum atomic E-state index is 9.69. The van der Waals surface area contributed by atoms with E-state index in [0.717, 1.165) is 4.88 Å². The van der Waals surface area contributed by atoms with E-state index in [2.05, 4.69) is 0 Å². The highest BCUT2D eigenvalue weighted by atomic mass is 32.1. The van der Waals surface area contributed by atoms with E-state index < -0.39 is 6.10 Å². The number of thiophene rings is 1. The predicted octanol–water partition coefficient (Wildman–Crippen LogP) is 0.706. The minimum Gasteiger partial charge on any atom is -0.395 e. The third kappa shape index (κ3) is 3.44. The van der Waals surface area contributed by atoms with Crippen molar-refractivity contribution in [3.05, 3.63) is 22.4 Å². The standard InChI is InChI=1S/C9H15NO2S/c1-10(4-5-11)7-8(12)9-3-2-6-13-9/h2-3,6,8,11-12H,4-5,7H2,1H3. The number of aliphatic hydroxyl groups excluding tert-OH is 2. The highest BCUT2D eigenvalue weighted by Crippen LogP contribution is 2.18. The van der Waals surface area contributed by atoms with Gasteiger partial charge in [0, 0.05) is 18.0 Å². The van der Waals surface area contributed by atoms with Gasteiger partial charge >= 0.3 is 0 Å². The van der Waals surface area contributed by atoms with Crippen LogP contribution in [0.25, 0.3) is 0 Å². The van der Waals surface area contributed by atoms with Crippen LogP contribution in [-0.4, -0.2) is 41.9 Å². The van der Waals surface area contributed by atoms with E-state index in [1.807, 2.05) is 29.5 Å². The highest BCUT2D eigenvalue weighted by Gasteiger charge is 2.10. The van der Waals surface area contributed by atoms with Crippen LogP contribution in [0.1, 0.15) is 11.0 Å². The molecule has 4 heteroatoms. The summed E-state index contributed by atoms with van der Waals surface area (Å²) in [6, 6.07) is 3.84. The fourth-order valence-corrected chi connectivity index (χ4v) is 1.83. The number of rotatable bonds is 5. The Hall–Kier alpha value is -0.420. The van der Waals surface area contributed by atoms with Crippen LogP contribution in [0.4, 0.5) is 0 Å². The molecule has 13 heavy (non-hydrogen) atoms. The summed E-state index contributed by atoms with van der Waals surface area (Å²) in [6.07, 6.45) is -0.434. The lowest BCUT2D eigenvalue weighted by Gasteiger charge is -2.18. The SMILES string of the molecule is CN(CCO)CC(O)c1cccs1. The van der Waals surface area contributed by atoms with E-state index in [-0.39, 0.29) is 6.61 Å². The molecule has 0 saturated carbocycles. The zero-order valence-corrected chi connectivity index (χ0v) is 8.50. The van der Waals surface area contributed by atoms with Crippen LogP contribution >= 0.6 is 11.3 Å². The Morgan fingerprint density at radius 1 is 1.62 bits per heavy atom. The van der Waals surface area contributed by atoms with Crippen molar-refractivity contribution in [2.24, 2.45) is 0 Å². The summed E-state index contributed by atoms with van der Waals surface area (Å²) >= 11 is 1.55. The Kier molecular flexibility index (Phi) is 4.38. The summed E-state index contributed by atoms with van der Waals surface area (Å²) in [4.78, 5) is 2.88. The first-order chi connectivity index (χ1) is 6.24. The smallest absolute Gasteiger partial charge is 0.101 e. The van der Waals surface area contributed by atoms with Gasteiger partial charge in [-0.2, -0.15) is 0 Å². The molecule has 1 aromatic heterocycles. The van der Waals surface area contributed by atoms with E-state index in [4.69, 9.17) is 5.11 Å². The van der Waals surface area contributed by atoms with Crippen LogP contribution in [0.3, 0.4) is 0 Å². The van der Waals surface area contributed by atoms with Gasteiger partial charge in [-0.1, -0.05) is 6.07 Å². The molecular formula is C9H15NO2S. The molecule has 1 rings (SSSR count). The van der Waals surface area contributed by atoms with Gasteiger partial charge < -0.3 is 15.1 Å². The molecule has 1 heterocycles. The van der Waals surface area contributed by atoms with Gasteiger partial charge in [0.2, 0.25) is 0 Å². The summed E-state index contributed by atoms with van der Waals surface area (Å²) in [5, 5.41) is 20.3. The molecule has 1 atom stereocenters. The predicted molar refractivity (Wildman–Crippen MR) is 53.9 cm³/mol. The molecule has 74 valence electrons. The quantitative estimate of drug-likeness (QED) is 0.737. The van der Waals surface area contributed by atoms with Crippen LogP contribution in [0, 0.1) is 0 Å². The van der Waals surface area contributed by atoms with Crippen molar-refractivity contribution in [3.63, 3.8) is 0 Å². The van der Waals surface area contributed by atoms with Gasteiger partial charge in [-0.15, -0.1) is 11.3 Å². The lowest BCUT2D eigenvalue weighted by atomic mass is 10.3. The molecule has 0 aliphatic rings. The normalized spacial score (nSPS) is 13.5. The molecule has 0 spiro atoms. The Bertz CT molecular complexity index is 226. The fraction of sp³-hybridized carbons (Fsp3) is 0.556. The molecule has 3 nitrogen and oxygen atoms in total. The maximum Gasteiger partial charge on any atom is 0.101 e. The van der Waals surface area contributed by atoms with Crippen molar-refractivity contribution in [2.45, 2.75) is 6.10 Å². The fourth-order valence-electron chi connectivity index (χ4n) is 1.13. The van der Waals surface area contributed by atoms with Crippen LogP contribution in [-0.2, 0) is 0 Å². The largest absolute Gasteiger partial charge is 0.395 e. The maximum absolute atomic E-state index is 9.69. The molecule has 1 aromatic rings. The molecule has 0 bridgehead atoms. The molecule has 2 N–H and O–H groups in total. The molecule has 0 saturated heterocycles. The van der Waals surface area contributed by atoms with Crippen molar-refractivity contribution in [1.29, 1.82) is 0 Å². The van der Waals surface area contributed by atoms with Gasteiger partial charge in [-0.3, -0.25) is 0 Å². The van der Waals surface area contributed by atoms with E-state index in [1.165, 1.54) is 0 Å². The monoisotopic (exact) mass is 201 g/mol. The Balaban J connectivity index is 2.37. The van der Waals surface area contributed by atoms with Gasteiger partial charge in [0.25, 0.3) is 0 Å². The number of nitrogens with zero attached hydrogens (tertiary/aromatic N) is 1. The first-order valence-electron chi connectivity index (χ1n) is 4.25. The Morgan fingerprint density at radius 2 is 2.38 bits per heavy atom. The molecule has 0 fully saturated rings. The van der Waals surface area contributed by atoms with E-state index in [9.17, 15) is 5.11 Å². The van der Waals surface area contributed by atoms with Crippen molar-refractivity contribution in [3.8, 4) is 0 Å². The summed E-state index contributed by atoms with van der Waals surface area (Å²) in [5.41, 5.74) is 0. The second kappa shape index (κ2) is 5.34. The van der Waals surface area contributed by atoms with Gasteiger partial charge in [-0.25, -0.2) is 0 Å². The van der Waals surface area contributed by atoms with E-state index in [1.54, 1.807) is 11.3 Å². The Morgan fingerprint density at radius 3 is 2.92 bits per heavy atom. The summed E-state index contributed by atoms with van der Waals surface area (Å²) in [5.74, 6) is 0. The summed E-state index contributed by atoms with van der Waals surface area (Å²) in [6.45, 7) is 1.30. The number of likely N-dealkylation sites (N-methyl/N-ethyl adjacent to an activating group) is 1. The van der Waals surface area contributed by atoms with Crippen molar-refractivity contribution >= 4 is 11.3 Å². The molecule has 0 amide bonds. The summed E-state index contributed by atoms with van der Waals surface area (Å²) < 4.78 is 0. The second-order valence-electron chi connectivity index (χ2n) is 3.02. The van der Waals surface area contributed by atoms with Crippen molar-refractivity contribution in [1.82, 2.24) is 4.90 Å². The lowest BCUT2D eigenvalue weighted by molar-refractivity contribution is 0.117. The van der Waals surface area contributed by atoms with E-state index in [0.29, 0.717) is 13.1 Å². The average molecular weight is 201 g/mol. The molecule has 0 aliphatic heterocycles. The Labute approximate surface area is 82.2 Å². The average Bonchev–Trinajstić information content (AvgIpc) is 2.55. The molecular weight excluding hydrogens is 186 g/mol. The molecule has 0 aliphatic carbocycles. The summed E-state index contributed by atoms with van der Waals surface area (Å²) in [7, 11) is 1.88. The zero-order valence-electron chi connectivity index (χ0n) is 7.68. The third-order valence-electron chi connectivity index (χ3n) is 1.84. The van der Waals surface area contributed by atoms with Gasteiger partial charge in [0.15, 0.2) is 0 Å². The third-order valence-corrected chi connectivity index (χ3v) is 2.81. The van der Waals surface area contributed by atoms with Gasteiger partial charge in [-0.05, 0) is 18.5 Å². The highest BCUT2D eigenvalue weighted by molar-refractivity contribution is 7.10. The second-order valence-corrected chi connectivity index (χ2v) is 4.00. The van der Waals surface area contributed by atoms with Crippen molar-refractivity contribution < 1.29 is 10.2 Å². The first-order valence-corrected chi connectivity index (χ1v) is 5.13. The minimum absolute atomic E-state index is 0.133. The number of hydrogen-bond acceptors (Lipinski definition) is 4. The molecule has 1 unspecified atom stereocenters. The van der Waals surface area contributed by atoms with Crippen molar-refractivity contribution in [2.75, 3.05) is 26.7 Å². The van der Waals surface area contributed by atoms with Crippen LogP contribution in [0.2, 0.25) is 0 Å². The van der Waals surface area contributed by atoms with Crippen LogP contribution < -0.4 is 0 Å². The first kappa shape index (κ1) is 10.7. The topological polar surface area (TPSA) is 43.7 Å². The van der Waals surface area contributed by atoms with Crippen LogP contribution in [0.15, 0.2) is 17.5 Å². The van der Waals surface area contributed by atoms with Gasteiger partial charge in [0.1, 0.15) is 6.10 Å². The molecule has 0 aromatic carbocycles. The van der Waals surface area contributed by atoms with Crippen LogP contribution in [0.5, 0.6) is 0 Å². The minimum atomic E-state index is -0.434. The number of hydrogen-bond donors (Lipinski definition) is 2. The zero-order chi connectivity index (χ0) is 9.68. The lowest BCUT2D eigenvalue weighted by Crippen LogP contribution is -2.27. The van der Waals surface area contributed by atoms with E-state index >= 15 is 0 Å². The van der Waals surface area contributed by atoms with Gasteiger partial charge in [0.05, 0.1) is 6.61 Å². The number of aliphatic hydroxyl groups is 2.